The van der Waals surface area contributed by atoms with E-state index in [1.54, 1.807) is 24.3 Å². The molecule has 1 heterocycles. The number of nitrogens with zero attached hydrogens (tertiary/aromatic N) is 3. The molecule has 0 unspecified atom stereocenters. The number of amides is 4. The maximum Gasteiger partial charge on any atom is 0.326 e. The maximum atomic E-state index is 11.8. The van der Waals surface area contributed by atoms with Crippen LogP contribution in [0.15, 0.2) is 24.3 Å². The molecule has 0 spiro atoms. The highest BCUT2D eigenvalue weighted by Gasteiger charge is 2.33. The molecule has 108 valence electrons. The van der Waals surface area contributed by atoms with E-state index in [9.17, 15) is 14.4 Å². The highest BCUT2D eigenvalue weighted by atomic mass is 16.2. The third-order valence-corrected chi connectivity index (χ3v) is 3.09. The molecule has 0 bridgehead atoms. The molecule has 1 aliphatic heterocycles. The minimum Gasteiger partial charge on any atom is -0.326 e. The molecule has 2 rings (SSSR count). The number of rotatable bonds is 4. The highest BCUT2D eigenvalue weighted by molar-refractivity contribution is 6.02. The van der Waals surface area contributed by atoms with Crippen LogP contribution in [0, 0.1) is 11.3 Å². The van der Waals surface area contributed by atoms with Crippen molar-refractivity contribution in [3.63, 3.8) is 0 Å². The van der Waals surface area contributed by atoms with Crippen LogP contribution in [0.2, 0.25) is 0 Å². The molecule has 0 saturated carbocycles. The normalized spacial score (nSPS) is 14.3. The van der Waals surface area contributed by atoms with Crippen molar-refractivity contribution in [3.05, 3.63) is 29.8 Å². The summed E-state index contributed by atoms with van der Waals surface area (Å²) >= 11 is 0. The fraction of sp³-hybridized carbons (Fsp3) is 0.286. The van der Waals surface area contributed by atoms with Crippen LogP contribution in [0.25, 0.3) is 0 Å². The second-order valence-electron chi connectivity index (χ2n) is 4.67. The van der Waals surface area contributed by atoms with Gasteiger partial charge in [0.1, 0.15) is 6.54 Å². The Labute approximate surface area is 121 Å². The number of hydrogen-bond donors (Lipinski definition) is 1. The summed E-state index contributed by atoms with van der Waals surface area (Å²) in [5.74, 6) is -0.594. The molecular weight excluding hydrogens is 272 g/mol. The van der Waals surface area contributed by atoms with Crippen molar-refractivity contribution >= 4 is 23.5 Å². The van der Waals surface area contributed by atoms with E-state index < -0.39 is 0 Å². The molecule has 1 aromatic carbocycles. The molecule has 0 atom stereocenters. The maximum absolute atomic E-state index is 11.8. The summed E-state index contributed by atoms with van der Waals surface area (Å²) in [5, 5.41) is 11.3. The summed E-state index contributed by atoms with van der Waals surface area (Å²) in [7, 11) is 1.54. The minimum atomic E-state index is -0.383. The van der Waals surface area contributed by atoms with Gasteiger partial charge < -0.3 is 10.2 Å². The number of imide groups is 1. The number of carbonyl (C=O) groups excluding carboxylic acids is 3. The van der Waals surface area contributed by atoms with Crippen LogP contribution in [0.1, 0.15) is 12.0 Å². The molecule has 7 heteroatoms. The van der Waals surface area contributed by atoms with E-state index in [2.05, 4.69) is 5.32 Å². The fourth-order valence-electron chi connectivity index (χ4n) is 1.95. The Balaban J connectivity index is 1.86. The van der Waals surface area contributed by atoms with Crippen molar-refractivity contribution in [2.45, 2.75) is 6.42 Å². The van der Waals surface area contributed by atoms with E-state index in [0.717, 1.165) is 4.90 Å². The lowest BCUT2D eigenvalue weighted by molar-refractivity contribution is -0.125. The van der Waals surface area contributed by atoms with Gasteiger partial charge in [0.25, 0.3) is 0 Å². The van der Waals surface area contributed by atoms with Gasteiger partial charge in [-0.15, -0.1) is 0 Å². The van der Waals surface area contributed by atoms with Gasteiger partial charge in [-0.3, -0.25) is 14.5 Å². The molecule has 7 nitrogen and oxygen atoms in total. The van der Waals surface area contributed by atoms with Gasteiger partial charge in [0.05, 0.1) is 11.6 Å². The lowest BCUT2D eigenvalue weighted by Gasteiger charge is -2.13. The van der Waals surface area contributed by atoms with Crippen LogP contribution < -0.4 is 5.32 Å². The fourth-order valence-corrected chi connectivity index (χ4v) is 1.95. The van der Waals surface area contributed by atoms with Gasteiger partial charge >= 0.3 is 6.03 Å². The summed E-state index contributed by atoms with van der Waals surface area (Å²) < 4.78 is 0. The summed E-state index contributed by atoms with van der Waals surface area (Å²) in [4.78, 5) is 37.3. The number of nitriles is 1. The van der Waals surface area contributed by atoms with Crippen molar-refractivity contribution in [3.8, 4) is 6.07 Å². The first kappa shape index (κ1) is 14.5. The van der Waals surface area contributed by atoms with Crippen LogP contribution >= 0.6 is 0 Å². The number of benzene rings is 1. The first-order chi connectivity index (χ1) is 10.0. The molecule has 1 N–H and O–H groups in total. The largest absolute Gasteiger partial charge is 0.326 e. The van der Waals surface area contributed by atoms with Crippen molar-refractivity contribution in [1.82, 2.24) is 9.80 Å². The Morgan fingerprint density at radius 2 is 2.00 bits per heavy atom. The summed E-state index contributed by atoms with van der Waals surface area (Å²) in [5.41, 5.74) is 1.07. The van der Waals surface area contributed by atoms with E-state index in [-0.39, 0.29) is 37.4 Å². The Hall–Kier alpha value is -2.88. The quantitative estimate of drug-likeness (QED) is 0.828. The molecule has 1 fully saturated rings. The number of anilines is 1. The third kappa shape index (κ3) is 3.36. The van der Waals surface area contributed by atoms with E-state index in [1.807, 2.05) is 6.07 Å². The van der Waals surface area contributed by atoms with Gasteiger partial charge in [-0.25, -0.2) is 4.79 Å². The zero-order valence-electron chi connectivity index (χ0n) is 11.5. The van der Waals surface area contributed by atoms with Crippen LogP contribution in [0.5, 0.6) is 0 Å². The molecule has 4 amide bonds. The molecule has 1 aromatic rings. The van der Waals surface area contributed by atoms with Gasteiger partial charge in [-0.2, -0.15) is 5.26 Å². The van der Waals surface area contributed by atoms with Gasteiger partial charge in [-0.1, -0.05) is 0 Å². The first-order valence-corrected chi connectivity index (χ1v) is 6.36. The van der Waals surface area contributed by atoms with E-state index in [1.165, 1.54) is 11.9 Å². The van der Waals surface area contributed by atoms with Gasteiger partial charge in [-0.05, 0) is 24.3 Å². The molecule has 0 aliphatic carbocycles. The van der Waals surface area contributed by atoms with Crippen molar-refractivity contribution in [1.29, 1.82) is 5.26 Å². The van der Waals surface area contributed by atoms with Crippen LogP contribution in [-0.2, 0) is 9.59 Å². The number of urea groups is 1. The second kappa shape index (κ2) is 6.05. The van der Waals surface area contributed by atoms with E-state index in [0.29, 0.717) is 11.3 Å². The molecule has 1 aliphatic rings. The number of carbonyl (C=O) groups is 3. The lowest BCUT2D eigenvalue weighted by Crippen LogP contribution is -2.34. The van der Waals surface area contributed by atoms with Gasteiger partial charge in [0.15, 0.2) is 0 Å². The smallest absolute Gasteiger partial charge is 0.326 e. The van der Waals surface area contributed by atoms with Crippen LogP contribution in [0.4, 0.5) is 10.5 Å². The molecule has 0 radical (unpaired) electrons. The minimum absolute atomic E-state index is 0.0331. The van der Waals surface area contributed by atoms with Crippen LogP contribution in [0.3, 0.4) is 0 Å². The zero-order valence-corrected chi connectivity index (χ0v) is 11.5. The molecule has 21 heavy (non-hydrogen) atoms. The van der Waals surface area contributed by atoms with Crippen molar-refractivity contribution < 1.29 is 14.4 Å². The molecular formula is C14H14N4O3. The number of hydrogen-bond acceptors (Lipinski definition) is 4. The summed E-state index contributed by atoms with van der Waals surface area (Å²) in [6.07, 6.45) is 0.0331. The molecule has 1 saturated heterocycles. The topological polar surface area (TPSA) is 93.5 Å². The first-order valence-electron chi connectivity index (χ1n) is 6.36. The van der Waals surface area contributed by atoms with E-state index in [4.69, 9.17) is 5.26 Å². The predicted octanol–water partition coefficient (Wildman–Crippen LogP) is 0.781. The molecule has 0 aromatic heterocycles. The highest BCUT2D eigenvalue weighted by Crippen LogP contribution is 2.11. The monoisotopic (exact) mass is 286 g/mol. The third-order valence-electron chi connectivity index (χ3n) is 3.09. The average molecular weight is 286 g/mol. The number of nitrogens with one attached hydrogen (secondary N) is 1. The average Bonchev–Trinajstić information content (AvgIpc) is 2.71. The van der Waals surface area contributed by atoms with Crippen molar-refractivity contribution in [2.75, 3.05) is 25.5 Å². The van der Waals surface area contributed by atoms with Crippen LogP contribution in [-0.4, -0.2) is 47.8 Å². The van der Waals surface area contributed by atoms with Gasteiger partial charge in [0.2, 0.25) is 11.8 Å². The standard InChI is InChI=1S/C14H14N4O3/c1-17-9-13(20)18(14(17)21)7-6-12(19)16-11-4-2-10(8-15)3-5-11/h2-5H,6-7,9H2,1H3,(H,16,19). The SMILES string of the molecule is CN1CC(=O)N(CCC(=O)Nc2ccc(C#N)cc2)C1=O. The van der Waals surface area contributed by atoms with Crippen molar-refractivity contribution in [2.24, 2.45) is 0 Å². The zero-order chi connectivity index (χ0) is 15.4. The second-order valence-corrected chi connectivity index (χ2v) is 4.67. The Morgan fingerprint density at radius 3 is 2.52 bits per heavy atom. The Kier molecular flexibility index (Phi) is 4.18. The predicted molar refractivity (Wildman–Crippen MR) is 74.1 cm³/mol. The summed E-state index contributed by atoms with van der Waals surface area (Å²) in [6.45, 7) is 0.111. The Morgan fingerprint density at radius 1 is 1.33 bits per heavy atom. The summed E-state index contributed by atoms with van der Waals surface area (Å²) in [6, 6.07) is 8.03. The Bertz CT molecular complexity index is 618. The number of likely N-dealkylation sites (N-methyl/N-ethyl adjacent to an activating group) is 1. The van der Waals surface area contributed by atoms with E-state index >= 15 is 0 Å². The lowest BCUT2D eigenvalue weighted by atomic mass is 10.2. The van der Waals surface area contributed by atoms with Gasteiger partial charge in [0, 0.05) is 25.7 Å².